The molecule has 1 aromatic carbocycles. The van der Waals surface area contributed by atoms with Crippen LogP contribution in [0.4, 0.5) is 0 Å². The van der Waals surface area contributed by atoms with E-state index in [1.54, 1.807) is 0 Å². The molecule has 0 amide bonds. The van der Waals surface area contributed by atoms with Crippen LogP contribution in [-0.4, -0.2) is 75.9 Å². The first-order valence-electron chi connectivity index (χ1n) is 10.6. The lowest BCUT2D eigenvalue weighted by atomic mass is 10.2. The summed E-state index contributed by atoms with van der Waals surface area (Å²) in [6.45, 7) is 11.4. The van der Waals surface area contributed by atoms with Gasteiger partial charge >= 0.3 is 0 Å². The molecule has 0 aliphatic heterocycles. The molecule has 166 valence electrons. The standard InChI is InChI=1S/C22H38N4O2.HI/c1-5-26(6-2)14-16-28-21-11-9-19(10-12-21)17-24-22(23-3)25(4)13-15-27-18-20-7-8-20;/h9-12,20H,5-8,13-18H2,1-4H3,(H,23,24);1H. The van der Waals surface area contributed by atoms with Crippen LogP contribution in [0.2, 0.25) is 0 Å². The van der Waals surface area contributed by atoms with E-state index < -0.39 is 0 Å². The second kappa shape index (κ2) is 14.8. The highest BCUT2D eigenvalue weighted by molar-refractivity contribution is 14.0. The average molecular weight is 518 g/mol. The van der Waals surface area contributed by atoms with Crippen LogP contribution in [-0.2, 0) is 11.3 Å². The molecule has 29 heavy (non-hydrogen) atoms. The van der Waals surface area contributed by atoms with Crippen molar-refractivity contribution in [3.63, 3.8) is 0 Å². The van der Waals surface area contributed by atoms with Crippen molar-refractivity contribution in [1.29, 1.82) is 0 Å². The number of guanidine groups is 1. The molecule has 6 nitrogen and oxygen atoms in total. The summed E-state index contributed by atoms with van der Waals surface area (Å²) in [5, 5.41) is 3.41. The number of ether oxygens (including phenoxy) is 2. The molecule has 1 aromatic rings. The summed E-state index contributed by atoms with van der Waals surface area (Å²) in [4.78, 5) is 8.83. The van der Waals surface area contributed by atoms with E-state index in [-0.39, 0.29) is 24.0 Å². The largest absolute Gasteiger partial charge is 0.492 e. The van der Waals surface area contributed by atoms with E-state index in [2.05, 4.69) is 46.1 Å². The Morgan fingerprint density at radius 1 is 1.10 bits per heavy atom. The van der Waals surface area contributed by atoms with Gasteiger partial charge in [0, 0.05) is 40.3 Å². The lowest BCUT2D eigenvalue weighted by Crippen LogP contribution is -2.40. The highest BCUT2D eigenvalue weighted by Gasteiger charge is 2.21. The molecule has 0 atom stereocenters. The van der Waals surface area contributed by atoms with Crippen LogP contribution in [0.25, 0.3) is 0 Å². The summed E-state index contributed by atoms with van der Waals surface area (Å²) in [6.07, 6.45) is 2.66. The van der Waals surface area contributed by atoms with Crippen LogP contribution < -0.4 is 10.1 Å². The predicted molar refractivity (Wildman–Crippen MR) is 132 cm³/mol. The first-order chi connectivity index (χ1) is 13.7. The SMILES string of the molecule is CCN(CC)CCOc1ccc(CNC(=NC)N(C)CCOCC2CC2)cc1.I. The summed E-state index contributed by atoms with van der Waals surface area (Å²) in [5.41, 5.74) is 1.20. The number of halogens is 1. The van der Waals surface area contributed by atoms with Crippen molar-refractivity contribution in [3.8, 4) is 5.75 Å². The topological polar surface area (TPSA) is 49.3 Å². The van der Waals surface area contributed by atoms with Crippen LogP contribution >= 0.6 is 24.0 Å². The van der Waals surface area contributed by atoms with E-state index in [1.807, 2.05) is 26.2 Å². The van der Waals surface area contributed by atoms with Crippen molar-refractivity contribution >= 4 is 29.9 Å². The van der Waals surface area contributed by atoms with Gasteiger partial charge in [-0.2, -0.15) is 0 Å². The summed E-state index contributed by atoms with van der Waals surface area (Å²) in [5.74, 6) is 2.62. The zero-order chi connectivity index (χ0) is 20.2. The molecule has 0 heterocycles. The zero-order valence-corrected chi connectivity index (χ0v) is 20.9. The van der Waals surface area contributed by atoms with Crippen molar-refractivity contribution < 1.29 is 9.47 Å². The first kappa shape index (κ1) is 26.0. The van der Waals surface area contributed by atoms with Crippen LogP contribution in [0.1, 0.15) is 32.3 Å². The number of rotatable bonds is 13. The van der Waals surface area contributed by atoms with E-state index >= 15 is 0 Å². The van der Waals surface area contributed by atoms with Gasteiger partial charge in [0.05, 0.1) is 6.61 Å². The predicted octanol–water partition coefficient (Wildman–Crippen LogP) is 3.46. The molecular weight excluding hydrogens is 479 g/mol. The van der Waals surface area contributed by atoms with Crippen molar-refractivity contribution in [1.82, 2.24) is 15.1 Å². The lowest BCUT2D eigenvalue weighted by Gasteiger charge is -2.22. The fraction of sp³-hybridized carbons (Fsp3) is 0.682. The third-order valence-electron chi connectivity index (χ3n) is 5.14. The van der Waals surface area contributed by atoms with Crippen LogP contribution in [0.3, 0.4) is 0 Å². The van der Waals surface area contributed by atoms with Crippen molar-refractivity contribution in [2.75, 3.05) is 60.1 Å². The number of nitrogens with zero attached hydrogens (tertiary/aromatic N) is 3. The number of hydrogen-bond donors (Lipinski definition) is 1. The third kappa shape index (κ3) is 10.5. The van der Waals surface area contributed by atoms with E-state index in [0.29, 0.717) is 0 Å². The monoisotopic (exact) mass is 518 g/mol. The molecule has 1 aliphatic carbocycles. The second-order valence-corrected chi connectivity index (χ2v) is 7.36. The molecule has 2 rings (SSSR count). The molecule has 1 fully saturated rings. The van der Waals surface area contributed by atoms with Crippen LogP contribution in [0.15, 0.2) is 29.3 Å². The number of nitrogens with one attached hydrogen (secondary N) is 1. The van der Waals surface area contributed by atoms with Crippen molar-refractivity contribution in [3.05, 3.63) is 29.8 Å². The molecule has 0 bridgehead atoms. The maximum atomic E-state index is 5.85. The first-order valence-corrected chi connectivity index (χ1v) is 10.6. The molecule has 0 saturated heterocycles. The van der Waals surface area contributed by atoms with Gasteiger partial charge < -0.3 is 24.6 Å². The highest BCUT2D eigenvalue weighted by atomic mass is 127. The van der Waals surface area contributed by atoms with Crippen molar-refractivity contribution in [2.24, 2.45) is 10.9 Å². The normalized spacial score (nSPS) is 13.9. The number of hydrogen-bond acceptors (Lipinski definition) is 4. The molecule has 1 aliphatic rings. The molecule has 0 radical (unpaired) electrons. The van der Waals surface area contributed by atoms with Gasteiger partial charge in [0.2, 0.25) is 0 Å². The van der Waals surface area contributed by atoms with Gasteiger partial charge in [-0.25, -0.2) is 0 Å². The smallest absolute Gasteiger partial charge is 0.193 e. The van der Waals surface area contributed by atoms with Crippen LogP contribution in [0, 0.1) is 5.92 Å². The van der Waals surface area contributed by atoms with Gasteiger partial charge in [-0.1, -0.05) is 26.0 Å². The minimum Gasteiger partial charge on any atom is -0.492 e. The van der Waals surface area contributed by atoms with E-state index in [0.717, 1.165) is 70.2 Å². The summed E-state index contributed by atoms with van der Waals surface area (Å²) in [6, 6.07) is 8.28. The molecule has 7 heteroatoms. The molecule has 1 N–H and O–H groups in total. The molecular formula is C22H39IN4O2. The molecule has 1 saturated carbocycles. The van der Waals surface area contributed by atoms with E-state index in [9.17, 15) is 0 Å². The Kier molecular flexibility index (Phi) is 13.3. The molecule has 0 aromatic heterocycles. The Labute approximate surface area is 194 Å². The Balaban J connectivity index is 0.00000420. The maximum Gasteiger partial charge on any atom is 0.193 e. The fourth-order valence-electron chi connectivity index (χ4n) is 2.94. The number of benzene rings is 1. The van der Waals surface area contributed by atoms with Gasteiger partial charge in [0.25, 0.3) is 0 Å². The minimum atomic E-state index is 0. The summed E-state index contributed by atoms with van der Waals surface area (Å²) >= 11 is 0. The number of aliphatic imine (C=N–C) groups is 1. The third-order valence-corrected chi connectivity index (χ3v) is 5.14. The van der Waals surface area contributed by atoms with Gasteiger partial charge in [-0.3, -0.25) is 4.99 Å². The molecule has 0 spiro atoms. The minimum absolute atomic E-state index is 0. The van der Waals surface area contributed by atoms with Gasteiger partial charge in [-0.15, -0.1) is 24.0 Å². The maximum absolute atomic E-state index is 5.85. The Morgan fingerprint density at radius 3 is 2.38 bits per heavy atom. The van der Waals surface area contributed by atoms with E-state index in [1.165, 1.54) is 18.4 Å². The highest BCUT2D eigenvalue weighted by Crippen LogP contribution is 2.28. The zero-order valence-electron chi connectivity index (χ0n) is 18.5. The Morgan fingerprint density at radius 2 is 1.79 bits per heavy atom. The molecule has 0 unspecified atom stereocenters. The van der Waals surface area contributed by atoms with Crippen LogP contribution in [0.5, 0.6) is 5.75 Å². The summed E-state index contributed by atoms with van der Waals surface area (Å²) < 4.78 is 11.6. The van der Waals surface area contributed by atoms with Crippen molar-refractivity contribution in [2.45, 2.75) is 33.2 Å². The van der Waals surface area contributed by atoms with Gasteiger partial charge in [-0.05, 0) is 49.5 Å². The summed E-state index contributed by atoms with van der Waals surface area (Å²) in [7, 11) is 3.86. The van der Waals surface area contributed by atoms with Gasteiger partial charge in [0.15, 0.2) is 5.96 Å². The number of likely N-dealkylation sites (N-methyl/N-ethyl adjacent to an activating group) is 2. The Bertz CT molecular complexity index is 575. The van der Waals surface area contributed by atoms with Gasteiger partial charge in [0.1, 0.15) is 12.4 Å². The fourth-order valence-corrected chi connectivity index (χ4v) is 2.94. The Hall–Kier alpha value is -1.06. The quantitative estimate of drug-likeness (QED) is 0.188. The lowest BCUT2D eigenvalue weighted by molar-refractivity contribution is 0.115. The second-order valence-electron chi connectivity index (χ2n) is 7.36. The van der Waals surface area contributed by atoms with E-state index in [4.69, 9.17) is 9.47 Å². The average Bonchev–Trinajstić information content (AvgIpc) is 3.54.